The van der Waals surface area contributed by atoms with Gasteiger partial charge >= 0.3 is 11.9 Å². The molecule has 4 nitrogen and oxygen atoms in total. The summed E-state index contributed by atoms with van der Waals surface area (Å²) in [7, 11) is 0. The van der Waals surface area contributed by atoms with Crippen LogP contribution in [-0.4, -0.2) is 32.8 Å². The Balaban J connectivity index is 5.03. The van der Waals surface area contributed by atoms with E-state index >= 15 is 0 Å². The van der Waals surface area contributed by atoms with Crippen LogP contribution < -0.4 is 0 Å². The molecule has 2 N–H and O–H groups in total. The third-order valence-electron chi connectivity index (χ3n) is 1.57. The van der Waals surface area contributed by atoms with E-state index in [-0.39, 0.29) is 24.0 Å². The highest BCUT2D eigenvalue weighted by Crippen LogP contribution is 2.16. The fourth-order valence-electron chi connectivity index (χ4n) is 0.963. The lowest BCUT2D eigenvalue weighted by atomic mass is 10.0. The molecule has 0 aliphatic carbocycles. The zero-order chi connectivity index (χ0) is 11.1. The van der Waals surface area contributed by atoms with Gasteiger partial charge in [-0.1, -0.05) is 31.9 Å². The molecular formula is C8H10Br2O4. The number of carboxylic acid groups (broad SMARTS) is 2. The highest BCUT2D eigenvalue weighted by molar-refractivity contribution is 9.09. The van der Waals surface area contributed by atoms with Crippen molar-refractivity contribution < 1.29 is 19.8 Å². The zero-order valence-corrected chi connectivity index (χ0v) is 10.5. The summed E-state index contributed by atoms with van der Waals surface area (Å²) >= 11 is 6.17. The molecule has 0 aromatic heterocycles. The van der Waals surface area contributed by atoms with Gasteiger partial charge in [-0.25, -0.2) is 9.59 Å². The van der Waals surface area contributed by atoms with Gasteiger partial charge in [0.15, 0.2) is 0 Å². The minimum absolute atomic E-state index is 0.0335. The molecule has 0 heterocycles. The number of carbonyl (C=O) groups is 2. The zero-order valence-electron chi connectivity index (χ0n) is 7.30. The fourth-order valence-corrected chi connectivity index (χ4v) is 1.76. The average Bonchev–Trinajstić information content (AvgIpc) is 2.10. The second kappa shape index (κ2) is 7.00. The van der Waals surface area contributed by atoms with Gasteiger partial charge in [0.1, 0.15) is 0 Å². The molecule has 0 bridgehead atoms. The minimum Gasteiger partial charge on any atom is -0.478 e. The molecular weight excluding hydrogens is 320 g/mol. The molecule has 0 saturated carbocycles. The van der Waals surface area contributed by atoms with Crippen molar-refractivity contribution in [2.45, 2.75) is 12.8 Å². The van der Waals surface area contributed by atoms with E-state index in [1.54, 1.807) is 0 Å². The lowest BCUT2D eigenvalue weighted by molar-refractivity contribution is -0.136. The number of aliphatic carboxylic acids is 2. The topological polar surface area (TPSA) is 74.6 Å². The maximum atomic E-state index is 10.8. The second-order valence-corrected chi connectivity index (χ2v) is 4.03. The van der Waals surface area contributed by atoms with E-state index in [2.05, 4.69) is 31.9 Å². The van der Waals surface area contributed by atoms with Crippen molar-refractivity contribution in [2.75, 3.05) is 10.7 Å². The van der Waals surface area contributed by atoms with Crippen LogP contribution in [0.15, 0.2) is 11.1 Å². The summed E-state index contributed by atoms with van der Waals surface area (Å²) in [5, 5.41) is 18.5. The number of alkyl halides is 2. The van der Waals surface area contributed by atoms with E-state index in [0.717, 1.165) is 0 Å². The van der Waals surface area contributed by atoms with E-state index in [1.807, 2.05) is 0 Å². The molecule has 0 aromatic rings. The van der Waals surface area contributed by atoms with Crippen LogP contribution in [0.4, 0.5) is 0 Å². The molecule has 0 aliphatic rings. The summed E-state index contributed by atoms with van der Waals surface area (Å²) in [6, 6.07) is 0. The highest BCUT2D eigenvalue weighted by Gasteiger charge is 2.18. The first kappa shape index (κ1) is 13.6. The Morgan fingerprint density at radius 1 is 0.857 bits per heavy atom. The molecule has 6 heteroatoms. The smallest absolute Gasteiger partial charge is 0.332 e. The summed E-state index contributed by atoms with van der Waals surface area (Å²) in [6.45, 7) is 0. The predicted octanol–water partition coefficient (Wildman–Crippen LogP) is 2.02. The number of rotatable bonds is 6. The maximum absolute atomic E-state index is 10.8. The van der Waals surface area contributed by atoms with Gasteiger partial charge in [0.25, 0.3) is 0 Å². The lowest BCUT2D eigenvalue weighted by Gasteiger charge is -2.05. The number of hydrogen-bond donors (Lipinski definition) is 2. The van der Waals surface area contributed by atoms with Crippen LogP contribution in [0.5, 0.6) is 0 Å². The van der Waals surface area contributed by atoms with Crippen LogP contribution in [0.2, 0.25) is 0 Å². The van der Waals surface area contributed by atoms with Crippen molar-refractivity contribution in [1.29, 1.82) is 0 Å². The Bertz CT molecular complexity index is 234. The van der Waals surface area contributed by atoms with Crippen LogP contribution in [0, 0.1) is 0 Å². The molecule has 0 amide bonds. The second-order valence-electron chi connectivity index (χ2n) is 2.45. The molecule has 0 fully saturated rings. The van der Waals surface area contributed by atoms with Gasteiger partial charge in [0.05, 0.1) is 0 Å². The van der Waals surface area contributed by atoms with Crippen molar-refractivity contribution >= 4 is 43.8 Å². The van der Waals surface area contributed by atoms with Gasteiger partial charge in [-0.3, -0.25) is 0 Å². The number of halogens is 2. The van der Waals surface area contributed by atoms with Crippen LogP contribution in [0.25, 0.3) is 0 Å². The number of carboxylic acids is 2. The molecule has 0 saturated heterocycles. The van der Waals surface area contributed by atoms with Gasteiger partial charge in [0, 0.05) is 21.8 Å². The Kier molecular flexibility index (Phi) is 6.82. The van der Waals surface area contributed by atoms with Gasteiger partial charge in [0.2, 0.25) is 0 Å². The van der Waals surface area contributed by atoms with Gasteiger partial charge in [-0.15, -0.1) is 0 Å². The van der Waals surface area contributed by atoms with Gasteiger partial charge in [-0.2, -0.15) is 0 Å². The molecule has 14 heavy (non-hydrogen) atoms. The normalized spacial score (nSPS) is 12.1. The van der Waals surface area contributed by atoms with Crippen molar-refractivity contribution in [3.8, 4) is 0 Å². The van der Waals surface area contributed by atoms with E-state index in [0.29, 0.717) is 10.7 Å². The molecule has 0 spiro atoms. The summed E-state index contributed by atoms with van der Waals surface area (Å²) in [4.78, 5) is 21.5. The summed E-state index contributed by atoms with van der Waals surface area (Å²) in [5.41, 5.74) is -0.0670. The first-order valence-electron chi connectivity index (χ1n) is 3.85. The standard InChI is InChI=1S/C8H10Br2O4/c9-3-1-5(7(11)12)6(2-4-10)8(13)14/h1-4H2,(H,11,12)(H,13,14)/b6-5-. The van der Waals surface area contributed by atoms with Crippen LogP contribution in [-0.2, 0) is 9.59 Å². The first-order valence-corrected chi connectivity index (χ1v) is 6.09. The molecule has 0 unspecified atom stereocenters. The highest BCUT2D eigenvalue weighted by atomic mass is 79.9. The van der Waals surface area contributed by atoms with E-state index in [1.165, 1.54) is 0 Å². The summed E-state index contributed by atoms with van der Waals surface area (Å²) in [5.74, 6) is -2.33. The predicted molar refractivity (Wildman–Crippen MR) is 59.1 cm³/mol. The van der Waals surface area contributed by atoms with E-state index < -0.39 is 11.9 Å². The molecule has 0 aromatic carbocycles. The van der Waals surface area contributed by atoms with Crippen molar-refractivity contribution in [2.24, 2.45) is 0 Å². The summed E-state index contributed by atoms with van der Waals surface area (Å²) < 4.78 is 0. The lowest BCUT2D eigenvalue weighted by Crippen LogP contribution is -2.12. The molecule has 0 atom stereocenters. The number of hydrogen-bond acceptors (Lipinski definition) is 2. The van der Waals surface area contributed by atoms with Gasteiger partial charge < -0.3 is 10.2 Å². The van der Waals surface area contributed by atoms with Crippen LogP contribution in [0.1, 0.15) is 12.8 Å². The average molecular weight is 330 g/mol. The molecule has 80 valence electrons. The van der Waals surface area contributed by atoms with E-state index in [4.69, 9.17) is 10.2 Å². The third-order valence-corrected chi connectivity index (χ3v) is 2.36. The Morgan fingerprint density at radius 2 is 1.14 bits per heavy atom. The Morgan fingerprint density at radius 3 is 1.29 bits per heavy atom. The van der Waals surface area contributed by atoms with Crippen molar-refractivity contribution in [3.63, 3.8) is 0 Å². The van der Waals surface area contributed by atoms with Gasteiger partial charge in [-0.05, 0) is 12.8 Å². The largest absolute Gasteiger partial charge is 0.478 e. The monoisotopic (exact) mass is 328 g/mol. The van der Waals surface area contributed by atoms with Crippen LogP contribution in [0.3, 0.4) is 0 Å². The Hall–Kier alpha value is -0.360. The van der Waals surface area contributed by atoms with Crippen LogP contribution >= 0.6 is 31.9 Å². The summed E-state index contributed by atoms with van der Waals surface area (Å²) in [6.07, 6.45) is 0.425. The molecule has 0 aliphatic heterocycles. The molecule has 0 radical (unpaired) electrons. The fraction of sp³-hybridized carbons (Fsp3) is 0.500. The van der Waals surface area contributed by atoms with Crippen molar-refractivity contribution in [1.82, 2.24) is 0 Å². The third kappa shape index (κ3) is 4.23. The van der Waals surface area contributed by atoms with Crippen molar-refractivity contribution in [3.05, 3.63) is 11.1 Å². The van der Waals surface area contributed by atoms with E-state index in [9.17, 15) is 9.59 Å². The maximum Gasteiger partial charge on any atom is 0.332 e. The SMILES string of the molecule is O=C(O)/C(CCBr)=C(/CCBr)C(=O)O. The molecule has 0 rings (SSSR count). The minimum atomic E-state index is -1.16. The first-order chi connectivity index (χ1) is 6.54. The Labute approximate surface area is 98.3 Å². The quantitative estimate of drug-likeness (QED) is 0.577.